The van der Waals surface area contributed by atoms with E-state index in [-0.39, 0.29) is 10.8 Å². The normalized spacial score (nSPS) is 11.7. The Morgan fingerprint density at radius 2 is 1.86 bits per heavy atom. The van der Waals surface area contributed by atoms with Gasteiger partial charge in [-0.3, -0.25) is 0 Å². The number of hydrazine groups is 1. The van der Waals surface area contributed by atoms with Gasteiger partial charge in [-0.1, -0.05) is 15.9 Å². The van der Waals surface area contributed by atoms with Crippen molar-refractivity contribution in [3.63, 3.8) is 0 Å². The van der Waals surface area contributed by atoms with Gasteiger partial charge in [0, 0.05) is 10.2 Å². The van der Waals surface area contributed by atoms with Gasteiger partial charge in [-0.25, -0.2) is 13.4 Å². The van der Waals surface area contributed by atoms with Gasteiger partial charge in [0.05, 0.1) is 15.9 Å². The molecule has 0 spiro atoms. The maximum Gasteiger partial charge on any atom is 0.257 e. The monoisotopic (exact) mass is 381 g/mol. The van der Waals surface area contributed by atoms with Crippen molar-refractivity contribution in [1.29, 1.82) is 0 Å². The number of nitrogens with one attached hydrogen (secondary N) is 3. The Morgan fingerprint density at radius 3 is 2.59 bits per heavy atom. The van der Waals surface area contributed by atoms with E-state index in [9.17, 15) is 8.42 Å². The van der Waals surface area contributed by atoms with Gasteiger partial charge in [0.1, 0.15) is 0 Å². The zero-order chi connectivity index (χ0) is 15.7. The SMILES string of the molecule is Nc1nc2ccc(S(=O)(=O)NNc3ccc(Br)cc3)cc2[nH]1. The molecule has 2 aromatic carbocycles. The van der Waals surface area contributed by atoms with Crippen molar-refractivity contribution in [3.8, 4) is 0 Å². The molecule has 3 aromatic rings. The minimum Gasteiger partial charge on any atom is -0.369 e. The summed E-state index contributed by atoms with van der Waals surface area (Å²) in [5.41, 5.74) is 9.99. The summed E-state index contributed by atoms with van der Waals surface area (Å²) in [4.78, 5) is 9.25. The second-order valence-corrected chi connectivity index (χ2v) is 7.14. The number of rotatable bonds is 4. The molecule has 0 saturated heterocycles. The number of sulfonamides is 1. The largest absolute Gasteiger partial charge is 0.369 e. The Hall–Kier alpha value is -2.10. The number of benzene rings is 2. The van der Waals surface area contributed by atoms with Gasteiger partial charge in [-0.15, -0.1) is 4.83 Å². The number of nitrogens with two attached hydrogens (primary N) is 1. The van der Waals surface area contributed by atoms with Crippen LogP contribution in [0.1, 0.15) is 0 Å². The van der Waals surface area contributed by atoms with Crippen LogP contribution in [-0.2, 0) is 10.0 Å². The highest BCUT2D eigenvalue weighted by Crippen LogP contribution is 2.18. The van der Waals surface area contributed by atoms with Crippen LogP contribution in [0.5, 0.6) is 0 Å². The van der Waals surface area contributed by atoms with E-state index in [1.807, 2.05) is 0 Å². The predicted molar refractivity (Wildman–Crippen MR) is 88.6 cm³/mol. The van der Waals surface area contributed by atoms with E-state index in [0.717, 1.165) is 4.47 Å². The molecule has 1 heterocycles. The Kier molecular flexibility index (Phi) is 3.77. The highest BCUT2D eigenvalue weighted by Gasteiger charge is 2.15. The van der Waals surface area contributed by atoms with E-state index in [2.05, 4.69) is 36.2 Å². The van der Waals surface area contributed by atoms with Gasteiger partial charge in [0.15, 0.2) is 5.95 Å². The fraction of sp³-hybridized carbons (Fsp3) is 0. The summed E-state index contributed by atoms with van der Waals surface area (Å²) in [5.74, 6) is 0.241. The lowest BCUT2D eigenvalue weighted by atomic mass is 10.3. The van der Waals surface area contributed by atoms with Gasteiger partial charge < -0.3 is 16.1 Å². The number of aromatic amines is 1. The molecule has 22 heavy (non-hydrogen) atoms. The summed E-state index contributed by atoms with van der Waals surface area (Å²) in [7, 11) is -3.71. The Morgan fingerprint density at radius 1 is 1.14 bits per heavy atom. The van der Waals surface area contributed by atoms with Gasteiger partial charge in [0.25, 0.3) is 10.0 Å². The van der Waals surface area contributed by atoms with Crippen LogP contribution in [0.2, 0.25) is 0 Å². The van der Waals surface area contributed by atoms with Crippen LogP contribution < -0.4 is 16.0 Å². The standard InChI is InChI=1S/C13H12BrN5O2S/c14-8-1-3-9(4-2-8)18-19-22(20,21)10-5-6-11-12(7-10)17-13(15)16-11/h1-7,18-19H,(H3,15,16,17). The summed E-state index contributed by atoms with van der Waals surface area (Å²) < 4.78 is 25.5. The number of anilines is 2. The first-order valence-corrected chi connectivity index (χ1v) is 8.50. The molecular formula is C13H12BrN5O2S. The van der Waals surface area contributed by atoms with Crippen LogP contribution in [-0.4, -0.2) is 18.4 Å². The second kappa shape index (κ2) is 5.59. The van der Waals surface area contributed by atoms with Crippen molar-refractivity contribution >= 4 is 48.6 Å². The Bertz CT molecular complexity index is 921. The first-order chi connectivity index (χ1) is 10.4. The maximum atomic E-state index is 12.3. The highest BCUT2D eigenvalue weighted by atomic mass is 79.9. The lowest BCUT2D eigenvalue weighted by molar-refractivity contribution is 0.588. The topological polar surface area (TPSA) is 113 Å². The smallest absolute Gasteiger partial charge is 0.257 e. The lowest BCUT2D eigenvalue weighted by Gasteiger charge is -2.09. The lowest BCUT2D eigenvalue weighted by Crippen LogP contribution is -2.29. The number of nitrogen functional groups attached to an aromatic ring is 1. The number of fused-ring (bicyclic) bond motifs is 1. The fourth-order valence-electron chi connectivity index (χ4n) is 1.89. The van der Waals surface area contributed by atoms with Gasteiger partial charge in [-0.05, 0) is 42.5 Å². The molecule has 0 atom stereocenters. The Balaban J connectivity index is 1.82. The van der Waals surface area contributed by atoms with E-state index in [0.29, 0.717) is 16.7 Å². The molecule has 9 heteroatoms. The molecule has 3 rings (SSSR count). The number of imidazole rings is 1. The van der Waals surface area contributed by atoms with Crippen molar-refractivity contribution in [3.05, 3.63) is 46.9 Å². The molecule has 0 radical (unpaired) electrons. The van der Waals surface area contributed by atoms with Crippen LogP contribution >= 0.6 is 15.9 Å². The van der Waals surface area contributed by atoms with Gasteiger partial charge >= 0.3 is 0 Å². The number of hydrogen-bond donors (Lipinski definition) is 4. The van der Waals surface area contributed by atoms with Crippen LogP contribution in [0, 0.1) is 0 Å². The highest BCUT2D eigenvalue weighted by molar-refractivity contribution is 9.10. The zero-order valence-electron chi connectivity index (χ0n) is 11.2. The molecule has 0 aliphatic rings. The van der Waals surface area contributed by atoms with E-state index in [1.165, 1.54) is 12.1 Å². The van der Waals surface area contributed by atoms with Crippen molar-refractivity contribution in [1.82, 2.24) is 14.8 Å². The molecule has 0 unspecified atom stereocenters. The molecular weight excluding hydrogens is 370 g/mol. The van der Waals surface area contributed by atoms with Crippen molar-refractivity contribution in [2.75, 3.05) is 11.2 Å². The van der Waals surface area contributed by atoms with Gasteiger partial charge in [-0.2, -0.15) is 0 Å². The quantitative estimate of drug-likeness (QED) is 0.517. The number of H-pyrrole nitrogens is 1. The molecule has 0 fully saturated rings. The minimum absolute atomic E-state index is 0.105. The van der Waals surface area contributed by atoms with Crippen molar-refractivity contribution in [2.45, 2.75) is 4.90 Å². The summed E-state index contributed by atoms with van der Waals surface area (Å²) in [6.07, 6.45) is 0. The second-order valence-electron chi connectivity index (χ2n) is 4.54. The third kappa shape index (κ3) is 3.06. The van der Waals surface area contributed by atoms with Crippen LogP contribution in [0.4, 0.5) is 11.6 Å². The molecule has 0 aliphatic heterocycles. The molecule has 7 nitrogen and oxygen atoms in total. The maximum absolute atomic E-state index is 12.3. The third-order valence-electron chi connectivity index (χ3n) is 2.96. The summed E-state index contributed by atoms with van der Waals surface area (Å²) in [6.45, 7) is 0. The van der Waals surface area contributed by atoms with E-state index >= 15 is 0 Å². The molecule has 0 bridgehead atoms. The first-order valence-electron chi connectivity index (χ1n) is 6.23. The molecule has 0 aliphatic carbocycles. The van der Waals surface area contributed by atoms with E-state index < -0.39 is 10.0 Å². The van der Waals surface area contributed by atoms with Crippen molar-refractivity contribution in [2.24, 2.45) is 0 Å². The number of hydrogen-bond acceptors (Lipinski definition) is 5. The summed E-state index contributed by atoms with van der Waals surface area (Å²) in [5, 5.41) is 0. The number of halogens is 1. The van der Waals surface area contributed by atoms with Gasteiger partial charge in [0.2, 0.25) is 0 Å². The average molecular weight is 382 g/mol. The average Bonchev–Trinajstić information content (AvgIpc) is 2.86. The predicted octanol–water partition coefficient (Wildman–Crippen LogP) is 2.21. The molecule has 0 amide bonds. The van der Waals surface area contributed by atoms with Crippen LogP contribution in [0.3, 0.4) is 0 Å². The summed E-state index contributed by atoms with van der Waals surface area (Å²) in [6, 6.07) is 11.6. The molecule has 114 valence electrons. The van der Waals surface area contributed by atoms with Crippen molar-refractivity contribution < 1.29 is 8.42 Å². The third-order valence-corrected chi connectivity index (χ3v) is 4.73. The molecule has 0 saturated carbocycles. The summed E-state index contributed by atoms with van der Waals surface area (Å²) >= 11 is 3.31. The van der Waals surface area contributed by atoms with E-state index in [1.54, 1.807) is 30.3 Å². The van der Waals surface area contributed by atoms with Crippen LogP contribution in [0.25, 0.3) is 11.0 Å². The van der Waals surface area contributed by atoms with E-state index in [4.69, 9.17) is 5.73 Å². The number of aromatic nitrogens is 2. The van der Waals surface area contributed by atoms with Crippen LogP contribution in [0.15, 0.2) is 51.8 Å². The molecule has 5 N–H and O–H groups in total. The Labute approximate surface area is 135 Å². The minimum atomic E-state index is -3.71. The zero-order valence-corrected chi connectivity index (χ0v) is 13.6. The molecule has 1 aromatic heterocycles. The number of nitrogens with zero attached hydrogens (tertiary/aromatic N) is 1. The first kappa shape index (κ1) is 14.8. The fourth-order valence-corrected chi connectivity index (χ4v) is 3.05.